The summed E-state index contributed by atoms with van der Waals surface area (Å²) in [6, 6.07) is 8.60. The second-order valence-electron chi connectivity index (χ2n) is 4.26. The van der Waals surface area contributed by atoms with Gasteiger partial charge in [-0.25, -0.2) is 4.79 Å². The molecule has 5 nitrogen and oxygen atoms in total. The van der Waals surface area contributed by atoms with E-state index in [1.54, 1.807) is 36.4 Å². The maximum absolute atomic E-state index is 11.7. The molecule has 0 aliphatic rings. The zero-order valence-electron chi connectivity index (χ0n) is 10.8. The first-order valence-corrected chi connectivity index (χ1v) is 5.92. The Morgan fingerprint density at radius 3 is 2.53 bits per heavy atom. The highest BCUT2D eigenvalue weighted by Gasteiger charge is 2.36. The van der Waals surface area contributed by atoms with Crippen LogP contribution in [0.1, 0.15) is 12.5 Å². The van der Waals surface area contributed by atoms with Gasteiger partial charge < -0.3 is 15.7 Å². The highest BCUT2D eigenvalue weighted by Crippen LogP contribution is 2.20. The molecular weight excluding hydrogens is 244 g/mol. The van der Waals surface area contributed by atoms with Crippen LogP contribution in [0.4, 0.5) is 0 Å². The van der Waals surface area contributed by atoms with Gasteiger partial charge in [-0.3, -0.25) is 4.79 Å². The zero-order chi connectivity index (χ0) is 14.3. The van der Waals surface area contributed by atoms with Gasteiger partial charge in [-0.15, -0.1) is 6.58 Å². The molecule has 5 heteroatoms. The van der Waals surface area contributed by atoms with Crippen LogP contribution in [-0.4, -0.2) is 30.1 Å². The number of carbonyl (C=O) groups excluding carboxylic acids is 1. The first-order chi connectivity index (χ1) is 9.00. The first kappa shape index (κ1) is 14.9. The van der Waals surface area contributed by atoms with Gasteiger partial charge in [-0.05, 0) is 12.5 Å². The Balaban J connectivity index is 2.81. The van der Waals surface area contributed by atoms with Crippen molar-refractivity contribution < 1.29 is 14.7 Å². The number of benzene rings is 1. The maximum Gasteiger partial charge on any atom is 0.333 e. The summed E-state index contributed by atoms with van der Waals surface area (Å²) >= 11 is 0. The number of hydrogen-bond donors (Lipinski definition) is 3. The van der Waals surface area contributed by atoms with E-state index in [0.717, 1.165) is 0 Å². The van der Waals surface area contributed by atoms with E-state index in [2.05, 4.69) is 17.2 Å². The average Bonchev–Trinajstić information content (AvgIpc) is 2.39. The normalized spacial score (nSPS) is 13.3. The van der Waals surface area contributed by atoms with Gasteiger partial charge in [0.15, 0.2) is 5.54 Å². The minimum absolute atomic E-state index is 0.0434. The highest BCUT2D eigenvalue weighted by atomic mass is 16.4. The first-order valence-electron chi connectivity index (χ1n) is 5.92. The molecule has 0 aromatic heterocycles. The van der Waals surface area contributed by atoms with Crippen LogP contribution in [0.3, 0.4) is 0 Å². The third kappa shape index (κ3) is 3.93. The van der Waals surface area contributed by atoms with Crippen LogP contribution >= 0.6 is 0 Å². The Kier molecular flexibility index (Phi) is 5.26. The number of amides is 1. The Morgan fingerprint density at radius 1 is 1.37 bits per heavy atom. The summed E-state index contributed by atoms with van der Waals surface area (Å²) in [5.74, 6) is -1.48. The minimum atomic E-state index is -1.44. The maximum atomic E-state index is 11.7. The fraction of sp³-hybridized carbons (Fsp3) is 0.286. The highest BCUT2D eigenvalue weighted by molar-refractivity contribution is 5.88. The molecule has 1 aromatic rings. The van der Waals surface area contributed by atoms with Gasteiger partial charge in [0.2, 0.25) is 5.91 Å². The van der Waals surface area contributed by atoms with Gasteiger partial charge in [0, 0.05) is 6.54 Å². The predicted molar refractivity (Wildman–Crippen MR) is 72.6 cm³/mol. The molecule has 1 atom stereocenters. The molecule has 0 radical (unpaired) electrons. The number of carboxylic acid groups (broad SMARTS) is 1. The lowest BCUT2D eigenvalue weighted by molar-refractivity contribution is -0.147. The number of hydrogen-bond acceptors (Lipinski definition) is 3. The van der Waals surface area contributed by atoms with Crippen LogP contribution in [0.15, 0.2) is 43.0 Å². The summed E-state index contributed by atoms with van der Waals surface area (Å²) < 4.78 is 0. The van der Waals surface area contributed by atoms with Crippen LogP contribution in [0, 0.1) is 0 Å². The van der Waals surface area contributed by atoms with E-state index >= 15 is 0 Å². The van der Waals surface area contributed by atoms with Gasteiger partial charge in [-0.1, -0.05) is 36.4 Å². The lowest BCUT2D eigenvalue weighted by Gasteiger charge is -2.26. The van der Waals surface area contributed by atoms with Crippen molar-refractivity contribution >= 4 is 11.9 Å². The lowest BCUT2D eigenvalue weighted by atomic mass is 9.92. The third-order valence-corrected chi connectivity index (χ3v) is 2.74. The molecule has 0 saturated carbocycles. The molecule has 1 rings (SSSR count). The molecule has 102 valence electrons. The molecule has 0 saturated heterocycles. The van der Waals surface area contributed by atoms with Crippen molar-refractivity contribution in [1.82, 2.24) is 10.6 Å². The van der Waals surface area contributed by atoms with Gasteiger partial charge in [0.05, 0.1) is 6.54 Å². The quantitative estimate of drug-likeness (QED) is 0.503. The van der Waals surface area contributed by atoms with E-state index in [1.807, 2.05) is 0 Å². The molecular formula is C14H18N2O3. The van der Waals surface area contributed by atoms with E-state index in [0.29, 0.717) is 12.1 Å². The molecule has 0 heterocycles. The molecule has 3 N–H and O–H groups in total. The van der Waals surface area contributed by atoms with Crippen molar-refractivity contribution in [3.63, 3.8) is 0 Å². The predicted octanol–water partition coefficient (Wildman–Crippen LogP) is 0.878. The van der Waals surface area contributed by atoms with Gasteiger partial charge in [0.25, 0.3) is 0 Å². The summed E-state index contributed by atoms with van der Waals surface area (Å²) in [6.45, 7) is 5.52. The van der Waals surface area contributed by atoms with E-state index in [4.69, 9.17) is 0 Å². The number of carboxylic acids is 1. The Labute approximate surface area is 112 Å². The summed E-state index contributed by atoms with van der Waals surface area (Å²) in [4.78, 5) is 23.2. The van der Waals surface area contributed by atoms with Crippen LogP contribution < -0.4 is 10.6 Å². The average molecular weight is 262 g/mol. The van der Waals surface area contributed by atoms with Gasteiger partial charge in [-0.2, -0.15) is 0 Å². The summed E-state index contributed by atoms with van der Waals surface area (Å²) in [7, 11) is 0. The molecule has 0 aliphatic carbocycles. The third-order valence-electron chi connectivity index (χ3n) is 2.74. The van der Waals surface area contributed by atoms with Gasteiger partial charge >= 0.3 is 5.97 Å². The van der Waals surface area contributed by atoms with Crippen molar-refractivity contribution in [3.05, 3.63) is 48.6 Å². The van der Waals surface area contributed by atoms with Crippen molar-refractivity contribution in [1.29, 1.82) is 0 Å². The Morgan fingerprint density at radius 2 is 2.00 bits per heavy atom. The molecule has 0 aliphatic heterocycles. The Hall–Kier alpha value is -2.14. The van der Waals surface area contributed by atoms with E-state index in [1.165, 1.54) is 6.92 Å². The van der Waals surface area contributed by atoms with Crippen LogP contribution in [0.25, 0.3) is 0 Å². The zero-order valence-corrected chi connectivity index (χ0v) is 10.8. The van der Waals surface area contributed by atoms with E-state index < -0.39 is 11.5 Å². The molecule has 0 bridgehead atoms. The number of aliphatic carboxylic acids is 1. The molecule has 1 aromatic carbocycles. The smallest absolute Gasteiger partial charge is 0.333 e. The standard InChI is InChI=1S/C14H18N2O3/c1-3-9-15-10-12(17)16-14(2,13(18)19)11-7-5-4-6-8-11/h3-8,15H,1,9-10H2,2H3,(H,16,17)(H,18,19). The topological polar surface area (TPSA) is 78.4 Å². The summed E-state index contributed by atoms with van der Waals surface area (Å²) in [5, 5.41) is 14.7. The molecule has 1 amide bonds. The van der Waals surface area contributed by atoms with Crippen LogP contribution in [0.5, 0.6) is 0 Å². The molecule has 0 fully saturated rings. The molecule has 0 spiro atoms. The lowest BCUT2D eigenvalue weighted by Crippen LogP contribution is -2.51. The largest absolute Gasteiger partial charge is 0.479 e. The van der Waals surface area contributed by atoms with Crippen molar-refractivity contribution in [3.8, 4) is 0 Å². The fourth-order valence-electron chi connectivity index (χ4n) is 1.63. The van der Waals surface area contributed by atoms with Crippen molar-refractivity contribution in [2.75, 3.05) is 13.1 Å². The van der Waals surface area contributed by atoms with Crippen LogP contribution in [-0.2, 0) is 15.1 Å². The van der Waals surface area contributed by atoms with E-state index in [-0.39, 0.29) is 12.5 Å². The minimum Gasteiger partial charge on any atom is -0.479 e. The monoisotopic (exact) mass is 262 g/mol. The molecule has 19 heavy (non-hydrogen) atoms. The van der Waals surface area contributed by atoms with Crippen LogP contribution in [0.2, 0.25) is 0 Å². The fourth-order valence-corrected chi connectivity index (χ4v) is 1.63. The number of carbonyl (C=O) groups is 2. The molecule has 1 unspecified atom stereocenters. The van der Waals surface area contributed by atoms with Crippen molar-refractivity contribution in [2.45, 2.75) is 12.5 Å². The Bertz CT molecular complexity index is 459. The van der Waals surface area contributed by atoms with E-state index in [9.17, 15) is 14.7 Å². The van der Waals surface area contributed by atoms with Gasteiger partial charge in [0.1, 0.15) is 0 Å². The summed E-state index contributed by atoms with van der Waals surface area (Å²) in [5.41, 5.74) is -0.909. The number of rotatable bonds is 7. The second kappa shape index (κ2) is 6.70. The van der Waals surface area contributed by atoms with Crippen molar-refractivity contribution in [2.24, 2.45) is 0 Å². The SMILES string of the molecule is C=CCNCC(=O)NC(C)(C(=O)O)c1ccccc1. The number of nitrogens with one attached hydrogen (secondary N) is 2. The summed E-state index contributed by atoms with van der Waals surface area (Å²) in [6.07, 6.45) is 1.63. The second-order valence-corrected chi connectivity index (χ2v) is 4.26.